The zero-order valence-electron chi connectivity index (χ0n) is 16.5. The summed E-state index contributed by atoms with van der Waals surface area (Å²) in [6, 6.07) is 9.25. The van der Waals surface area contributed by atoms with Crippen LogP contribution in [0, 0.1) is 5.92 Å². The minimum atomic E-state index is -0.883. The second-order valence-electron chi connectivity index (χ2n) is 7.45. The molecule has 3 amide bonds. The fraction of sp³-hybridized carbons (Fsp3) is 0.381. The highest BCUT2D eigenvalue weighted by Gasteiger charge is 2.43. The first-order valence-corrected chi connectivity index (χ1v) is 9.27. The van der Waals surface area contributed by atoms with Gasteiger partial charge in [0, 0.05) is 6.54 Å². The quantitative estimate of drug-likeness (QED) is 0.742. The lowest BCUT2D eigenvalue weighted by atomic mass is 10.0. The zero-order valence-corrected chi connectivity index (χ0v) is 16.5. The summed E-state index contributed by atoms with van der Waals surface area (Å²) in [6.07, 6.45) is 1.59. The van der Waals surface area contributed by atoms with Crippen LogP contribution in [0.15, 0.2) is 47.1 Å². The molecular formula is C21H25N3O4. The molecule has 1 N–H and O–H groups in total. The molecule has 2 atom stereocenters. The average Bonchev–Trinajstić information content (AvgIpc) is 3.25. The summed E-state index contributed by atoms with van der Waals surface area (Å²) < 4.78 is 5.46. The van der Waals surface area contributed by atoms with E-state index in [1.807, 2.05) is 38.9 Å². The zero-order chi connectivity index (χ0) is 20.4. The van der Waals surface area contributed by atoms with Crippen molar-refractivity contribution in [2.75, 3.05) is 20.6 Å². The van der Waals surface area contributed by atoms with E-state index in [1.165, 1.54) is 0 Å². The standard InChI is InChI=1S/C21H25N3O4/c1-13(2)18(24-20(26)14-8-5-6-9-15(14)21(24)27)19(25)22-12-16(23(3)4)17-10-7-11-28-17/h5-11,13,16,18H,12H2,1-4H3,(H,22,25). The van der Waals surface area contributed by atoms with E-state index in [2.05, 4.69) is 5.32 Å². The molecule has 0 spiro atoms. The molecule has 7 heteroatoms. The van der Waals surface area contributed by atoms with Gasteiger partial charge in [0.15, 0.2) is 0 Å². The van der Waals surface area contributed by atoms with E-state index in [0.717, 1.165) is 10.7 Å². The topological polar surface area (TPSA) is 82.9 Å². The average molecular weight is 383 g/mol. The van der Waals surface area contributed by atoms with Gasteiger partial charge in [-0.3, -0.25) is 24.2 Å². The van der Waals surface area contributed by atoms with E-state index in [-0.39, 0.29) is 17.9 Å². The maximum Gasteiger partial charge on any atom is 0.262 e. The van der Waals surface area contributed by atoms with Gasteiger partial charge in [-0.1, -0.05) is 26.0 Å². The molecule has 0 bridgehead atoms. The van der Waals surface area contributed by atoms with Gasteiger partial charge in [-0.05, 0) is 44.3 Å². The van der Waals surface area contributed by atoms with Crippen LogP contribution in [0.2, 0.25) is 0 Å². The number of nitrogens with zero attached hydrogens (tertiary/aromatic N) is 2. The molecule has 2 unspecified atom stereocenters. The molecule has 1 aromatic heterocycles. The van der Waals surface area contributed by atoms with E-state index in [4.69, 9.17) is 4.42 Å². The summed E-state index contributed by atoms with van der Waals surface area (Å²) in [7, 11) is 3.78. The fourth-order valence-electron chi connectivity index (χ4n) is 3.50. The Labute approximate surface area is 164 Å². The number of rotatable bonds is 7. The van der Waals surface area contributed by atoms with Crippen LogP contribution in [0.3, 0.4) is 0 Å². The summed E-state index contributed by atoms with van der Waals surface area (Å²) >= 11 is 0. The number of benzene rings is 1. The highest BCUT2D eigenvalue weighted by Crippen LogP contribution is 2.27. The van der Waals surface area contributed by atoms with E-state index in [9.17, 15) is 14.4 Å². The summed E-state index contributed by atoms with van der Waals surface area (Å²) in [5.74, 6) is -0.715. The molecule has 7 nitrogen and oxygen atoms in total. The van der Waals surface area contributed by atoms with Crippen molar-refractivity contribution in [2.45, 2.75) is 25.9 Å². The first-order valence-electron chi connectivity index (χ1n) is 9.27. The monoisotopic (exact) mass is 383 g/mol. The minimum Gasteiger partial charge on any atom is -0.468 e. The van der Waals surface area contributed by atoms with Crippen LogP contribution >= 0.6 is 0 Å². The van der Waals surface area contributed by atoms with E-state index in [0.29, 0.717) is 17.7 Å². The van der Waals surface area contributed by atoms with Crippen molar-refractivity contribution in [1.29, 1.82) is 0 Å². The Morgan fingerprint density at radius 1 is 1.07 bits per heavy atom. The number of likely N-dealkylation sites (N-methyl/N-ethyl adjacent to an activating group) is 1. The second-order valence-corrected chi connectivity index (χ2v) is 7.45. The molecule has 1 aliphatic heterocycles. The predicted molar refractivity (Wildman–Crippen MR) is 104 cm³/mol. The molecule has 0 saturated carbocycles. The van der Waals surface area contributed by atoms with Crippen LogP contribution in [0.1, 0.15) is 46.4 Å². The smallest absolute Gasteiger partial charge is 0.262 e. The van der Waals surface area contributed by atoms with Gasteiger partial charge in [-0.2, -0.15) is 0 Å². The lowest BCUT2D eigenvalue weighted by Gasteiger charge is -2.30. The number of amides is 3. The molecule has 28 heavy (non-hydrogen) atoms. The van der Waals surface area contributed by atoms with Crippen molar-refractivity contribution >= 4 is 17.7 Å². The number of fused-ring (bicyclic) bond motifs is 1. The van der Waals surface area contributed by atoms with E-state index in [1.54, 1.807) is 36.6 Å². The van der Waals surface area contributed by atoms with Gasteiger partial charge in [0.05, 0.1) is 23.4 Å². The maximum absolute atomic E-state index is 13.0. The van der Waals surface area contributed by atoms with Crippen LogP contribution in [0.4, 0.5) is 0 Å². The van der Waals surface area contributed by atoms with Crippen LogP contribution in [0.5, 0.6) is 0 Å². The first kappa shape index (κ1) is 19.8. The van der Waals surface area contributed by atoms with Crippen molar-refractivity contribution < 1.29 is 18.8 Å². The van der Waals surface area contributed by atoms with Crippen LogP contribution < -0.4 is 5.32 Å². The molecule has 0 fully saturated rings. The minimum absolute atomic E-state index is 0.158. The van der Waals surface area contributed by atoms with E-state index >= 15 is 0 Å². The Morgan fingerprint density at radius 3 is 2.14 bits per heavy atom. The molecule has 0 radical (unpaired) electrons. The summed E-state index contributed by atoms with van der Waals surface area (Å²) in [6.45, 7) is 3.94. The number of imide groups is 1. The van der Waals surface area contributed by atoms with Gasteiger partial charge >= 0.3 is 0 Å². The van der Waals surface area contributed by atoms with Crippen LogP contribution in [-0.4, -0.2) is 54.2 Å². The number of carbonyl (C=O) groups is 3. The first-order chi connectivity index (χ1) is 13.3. The Hall–Kier alpha value is -2.93. The Morgan fingerprint density at radius 2 is 1.68 bits per heavy atom. The van der Waals surface area contributed by atoms with Gasteiger partial charge in [-0.15, -0.1) is 0 Å². The summed E-state index contributed by atoms with van der Waals surface area (Å²) in [5.41, 5.74) is 0.681. The summed E-state index contributed by atoms with van der Waals surface area (Å²) in [5, 5.41) is 2.89. The molecule has 1 aromatic carbocycles. The van der Waals surface area contributed by atoms with Crippen molar-refractivity contribution in [3.63, 3.8) is 0 Å². The third-order valence-corrected chi connectivity index (χ3v) is 4.97. The van der Waals surface area contributed by atoms with Gasteiger partial charge in [0.25, 0.3) is 11.8 Å². The molecule has 0 saturated heterocycles. The lowest BCUT2D eigenvalue weighted by Crippen LogP contribution is -2.53. The molecular weight excluding hydrogens is 358 g/mol. The Bertz CT molecular complexity index is 839. The van der Waals surface area contributed by atoms with Crippen molar-refractivity contribution in [1.82, 2.24) is 15.1 Å². The molecule has 148 valence electrons. The Balaban J connectivity index is 1.79. The third-order valence-electron chi connectivity index (χ3n) is 4.97. The lowest BCUT2D eigenvalue weighted by molar-refractivity contribution is -0.126. The molecule has 2 aromatic rings. The molecule has 0 aliphatic carbocycles. The molecule has 3 rings (SSSR count). The van der Waals surface area contributed by atoms with Crippen molar-refractivity contribution in [3.8, 4) is 0 Å². The SMILES string of the molecule is CC(C)C(C(=O)NCC(c1ccco1)N(C)C)N1C(=O)c2ccccc2C1=O. The maximum atomic E-state index is 13.0. The Kier molecular flexibility index (Phi) is 5.65. The number of nitrogens with one attached hydrogen (secondary N) is 1. The predicted octanol–water partition coefficient (Wildman–Crippen LogP) is 2.32. The largest absolute Gasteiger partial charge is 0.468 e. The summed E-state index contributed by atoms with van der Waals surface area (Å²) in [4.78, 5) is 41.6. The second kappa shape index (κ2) is 7.98. The van der Waals surface area contributed by atoms with Crippen molar-refractivity contribution in [3.05, 3.63) is 59.5 Å². The number of hydrogen-bond donors (Lipinski definition) is 1. The van der Waals surface area contributed by atoms with Crippen LogP contribution in [-0.2, 0) is 4.79 Å². The van der Waals surface area contributed by atoms with Crippen molar-refractivity contribution in [2.24, 2.45) is 5.92 Å². The number of carbonyl (C=O) groups excluding carboxylic acids is 3. The molecule has 1 aliphatic rings. The highest BCUT2D eigenvalue weighted by molar-refractivity contribution is 6.22. The molecule has 2 heterocycles. The van der Waals surface area contributed by atoms with Gasteiger partial charge in [0.1, 0.15) is 11.8 Å². The van der Waals surface area contributed by atoms with E-state index < -0.39 is 17.9 Å². The fourth-order valence-corrected chi connectivity index (χ4v) is 3.50. The number of furan rings is 1. The third kappa shape index (κ3) is 3.57. The van der Waals surface area contributed by atoms with Gasteiger partial charge < -0.3 is 9.73 Å². The van der Waals surface area contributed by atoms with Gasteiger partial charge in [-0.25, -0.2) is 0 Å². The highest BCUT2D eigenvalue weighted by atomic mass is 16.3. The van der Waals surface area contributed by atoms with Crippen LogP contribution in [0.25, 0.3) is 0 Å². The number of hydrogen-bond acceptors (Lipinski definition) is 5. The normalized spacial score (nSPS) is 15.9. The van der Waals surface area contributed by atoms with Gasteiger partial charge in [0.2, 0.25) is 5.91 Å².